The molecule has 3 atom stereocenters. The standard InChI is InChI=1S/C18H26N2O3S.ClH/c1-2-24(22,23)15-7-3-13(4-8-15)5-10-18(21)20-11-14-6-9-17(19)16(14)12-20;/h3-4,7-8,14,16-17H,2,5-6,9-12,19H2,1H3;1H. The number of hydrogen-bond donors (Lipinski definition) is 1. The zero-order valence-electron chi connectivity index (χ0n) is 14.6. The number of fused-ring (bicyclic) bond motifs is 1. The van der Waals surface area contributed by atoms with Gasteiger partial charge in [0.2, 0.25) is 5.91 Å². The van der Waals surface area contributed by atoms with Crippen LogP contribution in [-0.2, 0) is 21.1 Å². The quantitative estimate of drug-likeness (QED) is 0.839. The first kappa shape index (κ1) is 20.2. The second-order valence-electron chi connectivity index (χ2n) is 7.01. The molecule has 0 radical (unpaired) electrons. The molecule has 3 rings (SSSR count). The van der Waals surface area contributed by atoms with Gasteiger partial charge in [-0.15, -0.1) is 12.4 Å². The molecule has 1 aliphatic heterocycles. The number of benzene rings is 1. The minimum absolute atomic E-state index is 0. The van der Waals surface area contributed by atoms with Gasteiger partial charge >= 0.3 is 0 Å². The van der Waals surface area contributed by atoms with Crippen molar-refractivity contribution in [2.75, 3.05) is 18.8 Å². The van der Waals surface area contributed by atoms with Crippen molar-refractivity contribution in [2.24, 2.45) is 17.6 Å². The molecule has 7 heteroatoms. The predicted molar refractivity (Wildman–Crippen MR) is 101 cm³/mol. The van der Waals surface area contributed by atoms with Crippen LogP contribution in [0, 0.1) is 11.8 Å². The van der Waals surface area contributed by atoms with Gasteiger partial charge in [0.25, 0.3) is 0 Å². The zero-order valence-corrected chi connectivity index (χ0v) is 16.2. The van der Waals surface area contributed by atoms with Gasteiger partial charge in [0.05, 0.1) is 10.6 Å². The first-order chi connectivity index (χ1) is 11.4. The molecule has 0 spiro atoms. The lowest BCUT2D eigenvalue weighted by atomic mass is 9.98. The van der Waals surface area contributed by atoms with E-state index in [1.54, 1.807) is 19.1 Å². The number of carbonyl (C=O) groups excluding carboxylic acids is 1. The highest BCUT2D eigenvalue weighted by Crippen LogP contribution is 2.37. The fourth-order valence-corrected chi connectivity index (χ4v) is 4.83. The van der Waals surface area contributed by atoms with Gasteiger partial charge in [-0.3, -0.25) is 4.79 Å². The van der Waals surface area contributed by atoms with Crippen LogP contribution in [0.15, 0.2) is 29.2 Å². The van der Waals surface area contributed by atoms with E-state index < -0.39 is 9.84 Å². The van der Waals surface area contributed by atoms with Gasteiger partial charge in [-0.1, -0.05) is 19.1 Å². The molecule has 2 fully saturated rings. The summed E-state index contributed by atoms with van der Waals surface area (Å²) in [7, 11) is -3.16. The monoisotopic (exact) mass is 386 g/mol. The van der Waals surface area contributed by atoms with E-state index in [0.717, 1.165) is 31.5 Å². The summed E-state index contributed by atoms with van der Waals surface area (Å²) in [4.78, 5) is 14.7. The number of amides is 1. The van der Waals surface area contributed by atoms with Crippen molar-refractivity contribution in [1.82, 2.24) is 4.90 Å². The Morgan fingerprint density at radius 3 is 2.48 bits per heavy atom. The highest BCUT2D eigenvalue weighted by Gasteiger charge is 2.42. The normalized spacial score (nSPS) is 25.5. The highest BCUT2D eigenvalue weighted by molar-refractivity contribution is 7.91. The number of nitrogens with zero attached hydrogens (tertiary/aromatic N) is 1. The van der Waals surface area contributed by atoms with Crippen molar-refractivity contribution in [1.29, 1.82) is 0 Å². The summed E-state index contributed by atoms with van der Waals surface area (Å²) in [5, 5.41) is 0. The van der Waals surface area contributed by atoms with Crippen molar-refractivity contribution in [3.05, 3.63) is 29.8 Å². The van der Waals surface area contributed by atoms with Gasteiger partial charge in [-0.2, -0.15) is 0 Å². The molecule has 1 saturated heterocycles. The Labute approximate surface area is 156 Å². The molecular formula is C18H27ClN2O3S. The van der Waals surface area contributed by atoms with Gasteiger partial charge in [-0.05, 0) is 48.8 Å². The molecule has 2 N–H and O–H groups in total. The van der Waals surface area contributed by atoms with Crippen LogP contribution in [0.2, 0.25) is 0 Å². The largest absolute Gasteiger partial charge is 0.342 e. The summed E-state index contributed by atoms with van der Waals surface area (Å²) in [6, 6.07) is 7.14. The molecular weight excluding hydrogens is 360 g/mol. The van der Waals surface area contributed by atoms with Gasteiger partial charge in [-0.25, -0.2) is 8.42 Å². The summed E-state index contributed by atoms with van der Waals surface area (Å²) < 4.78 is 23.6. The summed E-state index contributed by atoms with van der Waals surface area (Å²) in [6.07, 6.45) is 3.34. The molecule has 5 nitrogen and oxygen atoms in total. The molecule has 1 saturated carbocycles. The molecule has 0 aromatic heterocycles. The van der Waals surface area contributed by atoms with Crippen LogP contribution in [0.5, 0.6) is 0 Å². The van der Waals surface area contributed by atoms with E-state index in [1.165, 1.54) is 0 Å². The van der Waals surface area contributed by atoms with Crippen LogP contribution in [0.25, 0.3) is 0 Å². The number of likely N-dealkylation sites (tertiary alicyclic amines) is 1. The van der Waals surface area contributed by atoms with Gasteiger partial charge < -0.3 is 10.6 Å². The number of hydrogen-bond acceptors (Lipinski definition) is 4. The number of aryl methyl sites for hydroxylation is 1. The number of halogens is 1. The Morgan fingerprint density at radius 1 is 1.20 bits per heavy atom. The van der Waals surface area contributed by atoms with Crippen LogP contribution in [0.4, 0.5) is 0 Å². The SMILES string of the molecule is CCS(=O)(=O)c1ccc(CCC(=O)N2CC3CCC(N)C3C2)cc1.Cl. The van der Waals surface area contributed by atoms with E-state index in [4.69, 9.17) is 5.73 Å². The summed E-state index contributed by atoms with van der Waals surface area (Å²) in [6.45, 7) is 3.29. The Morgan fingerprint density at radius 2 is 1.88 bits per heavy atom. The molecule has 1 amide bonds. The molecule has 1 aliphatic carbocycles. The number of rotatable bonds is 5. The van der Waals surface area contributed by atoms with E-state index in [1.807, 2.05) is 17.0 Å². The van der Waals surface area contributed by atoms with Gasteiger partial charge in [0, 0.05) is 25.6 Å². The number of sulfone groups is 1. The van der Waals surface area contributed by atoms with Crippen LogP contribution >= 0.6 is 12.4 Å². The summed E-state index contributed by atoms with van der Waals surface area (Å²) in [5.41, 5.74) is 7.12. The molecule has 1 aromatic carbocycles. The fourth-order valence-electron chi connectivity index (χ4n) is 3.95. The van der Waals surface area contributed by atoms with Crippen LogP contribution < -0.4 is 5.73 Å². The summed E-state index contributed by atoms with van der Waals surface area (Å²) >= 11 is 0. The molecule has 1 aromatic rings. The Bertz CT molecular complexity index is 706. The minimum atomic E-state index is -3.16. The third kappa shape index (κ3) is 4.36. The second-order valence-corrected chi connectivity index (χ2v) is 9.29. The van der Waals surface area contributed by atoms with Crippen molar-refractivity contribution in [2.45, 2.75) is 43.5 Å². The topological polar surface area (TPSA) is 80.5 Å². The number of carbonyl (C=O) groups is 1. The lowest BCUT2D eigenvalue weighted by Crippen LogP contribution is -2.33. The van der Waals surface area contributed by atoms with Crippen LogP contribution in [0.3, 0.4) is 0 Å². The van der Waals surface area contributed by atoms with E-state index in [0.29, 0.717) is 29.6 Å². The van der Waals surface area contributed by atoms with Crippen molar-refractivity contribution in [3.63, 3.8) is 0 Å². The fraction of sp³-hybridized carbons (Fsp3) is 0.611. The molecule has 25 heavy (non-hydrogen) atoms. The Balaban J connectivity index is 0.00000225. The Hall–Kier alpha value is -1.11. The van der Waals surface area contributed by atoms with Crippen molar-refractivity contribution in [3.8, 4) is 0 Å². The van der Waals surface area contributed by atoms with Gasteiger partial charge in [0.15, 0.2) is 9.84 Å². The van der Waals surface area contributed by atoms with E-state index in [9.17, 15) is 13.2 Å². The van der Waals surface area contributed by atoms with Crippen LogP contribution in [-0.4, -0.2) is 44.1 Å². The lowest BCUT2D eigenvalue weighted by molar-refractivity contribution is -0.130. The third-order valence-electron chi connectivity index (χ3n) is 5.56. The lowest BCUT2D eigenvalue weighted by Gasteiger charge is -2.18. The second kappa shape index (κ2) is 8.06. The summed E-state index contributed by atoms with van der Waals surface area (Å²) in [5.74, 6) is 1.35. The smallest absolute Gasteiger partial charge is 0.222 e. The zero-order chi connectivity index (χ0) is 17.3. The molecule has 3 unspecified atom stereocenters. The first-order valence-electron chi connectivity index (χ1n) is 8.75. The average Bonchev–Trinajstić information content (AvgIpc) is 3.15. The third-order valence-corrected chi connectivity index (χ3v) is 7.31. The number of nitrogens with two attached hydrogens (primary N) is 1. The maximum atomic E-state index is 12.4. The van der Waals surface area contributed by atoms with Crippen molar-refractivity contribution >= 4 is 28.2 Å². The first-order valence-corrected chi connectivity index (χ1v) is 10.4. The minimum Gasteiger partial charge on any atom is -0.342 e. The van der Waals surface area contributed by atoms with E-state index in [-0.39, 0.29) is 30.1 Å². The maximum absolute atomic E-state index is 12.4. The van der Waals surface area contributed by atoms with Crippen LogP contribution in [0.1, 0.15) is 31.7 Å². The molecule has 140 valence electrons. The molecule has 0 bridgehead atoms. The predicted octanol–water partition coefficient (Wildman–Crippen LogP) is 2.03. The molecule has 2 aliphatic rings. The highest BCUT2D eigenvalue weighted by atomic mass is 35.5. The Kier molecular flexibility index (Phi) is 6.51. The average molecular weight is 387 g/mol. The van der Waals surface area contributed by atoms with Gasteiger partial charge in [0.1, 0.15) is 0 Å². The van der Waals surface area contributed by atoms with E-state index >= 15 is 0 Å². The molecule has 1 heterocycles. The maximum Gasteiger partial charge on any atom is 0.222 e. The van der Waals surface area contributed by atoms with E-state index in [2.05, 4.69) is 0 Å². The van der Waals surface area contributed by atoms with Crippen molar-refractivity contribution < 1.29 is 13.2 Å².